The lowest BCUT2D eigenvalue weighted by Crippen LogP contribution is -2.08. The summed E-state index contributed by atoms with van der Waals surface area (Å²) in [4.78, 5) is 0. The molecular weight excluding hydrogens is 355 g/mol. The normalized spacial score (nSPS) is 19.3. The van der Waals surface area contributed by atoms with E-state index in [1.54, 1.807) is 0 Å². The first kappa shape index (κ1) is 15.3. The number of benzene rings is 1. The van der Waals surface area contributed by atoms with E-state index in [1.807, 2.05) is 6.08 Å². The predicted octanol–water partition coefficient (Wildman–Crippen LogP) is 6.33. The average Bonchev–Trinajstić information content (AvgIpc) is 2.50. The molecule has 0 aromatic heterocycles. The second-order valence-electron chi connectivity index (χ2n) is 5.04. The molecule has 0 spiro atoms. The van der Waals surface area contributed by atoms with Gasteiger partial charge in [0.05, 0.1) is 0 Å². The maximum Gasteiger partial charge on any atom is 0.0137 e. The van der Waals surface area contributed by atoms with E-state index in [2.05, 4.69) is 84.7 Å². The highest BCUT2D eigenvalue weighted by atomic mass is 127. The fraction of sp³-hybridized carbons (Fsp3) is 0.263. The van der Waals surface area contributed by atoms with Crippen molar-refractivity contribution in [2.45, 2.75) is 32.1 Å². The molecule has 1 aliphatic carbocycles. The molecule has 2 rings (SSSR count). The van der Waals surface area contributed by atoms with Gasteiger partial charge in [0.25, 0.3) is 0 Å². The lowest BCUT2D eigenvalue weighted by Gasteiger charge is -2.26. The molecule has 0 radical (unpaired) electrons. The van der Waals surface area contributed by atoms with Crippen molar-refractivity contribution in [2.24, 2.45) is 0 Å². The molecule has 1 atom stereocenters. The largest absolute Gasteiger partial charge is 0.103 e. The van der Waals surface area contributed by atoms with Gasteiger partial charge in [0.2, 0.25) is 0 Å². The molecule has 20 heavy (non-hydrogen) atoms. The van der Waals surface area contributed by atoms with Crippen molar-refractivity contribution in [1.29, 1.82) is 0 Å². The Hall–Kier alpha value is -1.09. The Morgan fingerprint density at radius 2 is 2.05 bits per heavy atom. The van der Waals surface area contributed by atoms with Gasteiger partial charge in [-0.3, -0.25) is 0 Å². The number of rotatable bonds is 5. The molecule has 0 N–H and O–H groups in total. The fourth-order valence-corrected chi connectivity index (χ4v) is 3.32. The van der Waals surface area contributed by atoms with Crippen LogP contribution in [0, 0.1) is 0 Å². The molecule has 1 heteroatoms. The maximum absolute atomic E-state index is 3.84. The zero-order chi connectivity index (χ0) is 14.4. The average molecular weight is 376 g/mol. The van der Waals surface area contributed by atoms with Crippen LogP contribution in [0.1, 0.15) is 37.7 Å². The highest BCUT2D eigenvalue weighted by Crippen LogP contribution is 2.40. The quantitative estimate of drug-likeness (QED) is 0.416. The third kappa shape index (κ3) is 3.72. The van der Waals surface area contributed by atoms with E-state index in [0.29, 0.717) is 5.92 Å². The van der Waals surface area contributed by atoms with Crippen LogP contribution in [-0.2, 0) is 0 Å². The first-order chi connectivity index (χ1) is 9.76. The topological polar surface area (TPSA) is 0 Å². The van der Waals surface area contributed by atoms with Crippen molar-refractivity contribution >= 4 is 22.6 Å². The van der Waals surface area contributed by atoms with Gasteiger partial charge in [-0.1, -0.05) is 54.6 Å². The van der Waals surface area contributed by atoms with Crippen LogP contribution in [0.4, 0.5) is 0 Å². The number of allylic oxidation sites excluding steroid dienone is 7. The third-order valence-corrected chi connectivity index (χ3v) is 4.56. The molecule has 0 heterocycles. The molecule has 0 saturated heterocycles. The van der Waals surface area contributed by atoms with Crippen molar-refractivity contribution in [3.8, 4) is 0 Å². The van der Waals surface area contributed by atoms with E-state index < -0.39 is 0 Å². The Balaban J connectivity index is 2.33. The summed E-state index contributed by atoms with van der Waals surface area (Å²) >= 11 is 2.45. The lowest BCUT2D eigenvalue weighted by atomic mass is 9.80. The van der Waals surface area contributed by atoms with E-state index in [1.165, 1.54) is 20.3 Å². The minimum atomic E-state index is 0.490. The predicted molar refractivity (Wildman–Crippen MR) is 97.2 cm³/mol. The van der Waals surface area contributed by atoms with Crippen molar-refractivity contribution in [3.63, 3.8) is 0 Å². The van der Waals surface area contributed by atoms with Gasteiger partial charge in [-0.15, -0.1) is 6.58 Å². The Bertz CT molecular complexity index is 546. The van der Waals surface area contributed by atoms with Crippen LogP contribution >= 0.6 is 22.6 Å². The van der Waals surface area contributed by atoms with Crippen molar-refractivity contribution in [3.05, 3.63) is 81.5 Å². The zero-order valence-corrected chi connectivity index (χ0v) is 14.1. The summed E-state index contributed by atoms with van der Waals surface area (Å²) in [6.07, 6.45) is 12.1. The molecule has 1 unspecified atom stereocenters. The van der Waals surface area contributed by atoms with Gasteiger partial charge < -0.3 is 0 Å². The second kappa shape index (κ2) is 7.63. The standard InChI is InChI=1S/C19H21I/c1-3-5-9-15(4-2)18-13-12-17(20)14-19(18)16-10-7-6-8-11-16/h3-4,6-8,10-13,19H,1,5,9,14H2,2H3/b15-4+. The molecule has 0 aliphatic heterocycles. The first-order valence-corrected chi connectivity index (χ1v) is 8.21. The van der Waals surface area contributed by atoms with E-state index in [-0.39, 0.29) is 0 Å². The number of halogens is 1. The number of hydrogen-bond donors (Lipinski definition) is 0. The Morgan fingerprint density at radius 1 is 1.30 bits per heavy atom. The minimum absolute atomic E-state index is 0.490. The van der Waals surface area contributed by atoms with E-state index in [9.17, 15) is 0 Å². The number of hydrogen-bond acceptors (Lipinski definition) is 0. The summed E-state index contributed by atoms with van der Waals surface area (Å²) in [5.41, 5.74) is 4.35. The zero-order valence-electron chi connectivity index (χ0n) is 12.0. The molecule has 0 saturated carbocycles. The van der Waals surface area contributed by atoms with Crippen LogP contribution in [0.2, 0.25) is 0 Å². The second-order valence-corrected chi connectivity index (χ2v) is 6.43. The van der Waals surface area contributed by atoms with E-state index in [4.69, 9.17) is 0 Å². The Labute approximate surface area is 136 Å². The molecule has 1 aromatic carbocycles. The molecule has 0 nitrogen and oxygen atoms in total. The smallest absolute Gasteiger partial charge is 0.0137 e. The van der Waals surface area contributed by atoms with E-state index in [0.717, 1.165) is 19.3 Å². The Kier molecular flexibility index (Phi) is 5.84. The van der Waals surface area contributed by atoms with Crippen molar-refractivity contribution < 1.29 is 0 Å². The van der Waals surface area contributed by atoms with Gasteiger partial charge in [-0.05, 0) is 69.1 Å². The van der Waals surface area contributed by atoms with Gasteiger partial charge in [0.1, 0.15) is 0 Å². The third-order valence-electron chi connectivity index (χ3n) is 3.76. The van der Waals surface area contributed by atoms with Gasteiger partial charge in [0.15, 0.2) is 0 Å². The van der Waals surface area contributed by atoms with Crippen LogP contribution in [0.3, 0.4) is 0 Å². The summed E-state index contributed by atoms with van der Waals surface area (Å²) in [6.45, 7) is 5.98. The van der Waals surface area contributed by atoms with E-state index >= 15 is 0 Å². The van der Waals surface area contributed by atoms with Crippen LogP contribution in [-0.4, -0.2) is 0 Å². The summed E-state index contributed by atoms with van der Waals surface area (Å²) in [7, 11) is 0. The molecule has 0 fully saturated rings. The van der Waals surface area contributed by atoms with Gasteiger partial charge >= 0.3 is 0 Å². The highest BCUT2D eigenvalue weighted by molar-refractivity contribution is 14.1. The van der Waals surface area contributed by atoms with Crippen LogP contribution < -0.4 is 0 Å². The first-order valence-electron chi connectivity index (χ1n) is 7.14. The van der Waals surface area contributed by atoms with Crippen LogP contribution in [0.15, 0.2) is 75.9 Å². The fourth-order valence-electron chi connectivity index (χ4n) is 2.70. The summed E-state index contributed by atoms with van der Waals surface area (Å²) < 4.78 is 1.43. The summed E-state index contributed by atoms with van der Waals surface area (Å²) in [5, 5.41) is 0. The lowest BCUT2D eigenvalue weighted by molar-refractivity contribution is 0.782. The van der Waals surface area contributed by atoms with Crippen molar-refractivity contribution in [2.75, 3.05) is 0 Å². The highest BCUT2D eigenvalue weighted by Gasteiger charge is 2.22. The molecule has 0 bridgehead atoms. The molecule has 1 aromatic rings. The summed E-state index contributed by atoms with van der Waals surface area (Å²) in [6, 6.07) is 10.8. The van der Waals surface area contributed by atoms with Gasteiger partial charge in [-0.2, -0.15) is 0 Å². The molecule has 1 aliphatic rings. The van der Waals surface area contributed by atoms with Gasteiger partial charge in [-0.25, -0.2) is 0 Å². The maximum atomic E-state index is 3.84. The SMILES string of the molecule is C=CCC/C(=C\C)C1=CC=C(I)CC1c1ccccc1. The van der Waals surface area contributed by atoms with Crippen LogP contribution in [0.5, 0.6) is 0 Å². The molecule has 104 valence electrons. The van der Waals surface area contributed by atoms with Crippen molar-refractivity contribution in [1.82, 2.24) is 0 Å². The monoisotopic (exact) mass is 376 g/mol. The summed E-state index contributed by atoms with van der Waals surface area (Å²) in [5.74, 6) is 0.490. The minimum Gasteiger partial charge on any atom is -0.103 e. The molecule has 0 amide bonds. The van der Waals surface area contributed by atoms with Crippen LogP contribution in [0.25, 0.3) is 0 Å². The Morgan fingerprint density at radius 3 is 2.70 bits per heavy atom. The van der Waals surface area contributed by atoms with Gasteiger partial charge in [0, 0.05) is 5.92 Å². The molecular formula is C19H21I.